The Bertz CT molecular complexity index is 283. The minimum atomic E-state index is -0.537. The van der Waals surface area contributed by atoms with Crippen molar-refractivity contribution >= 4 is 24.7 Å². The number of hydrogen-bond donors (Lipinski definition) is 0. The molecule has 0 aliphatic heterocycles. The normalized spacial score (nSPS) is 11.9. The summed E-state index contributed by atoms with van der Waals surface area (Å²) >= 11 is -0.537. The molecule has 0 fully saturated rings. The summed E-state index contributed by atoms with van der Waals surface area (Å²) in [6, 6.07) is 2.23. The van der Waals surface area contributed by atoms with E-state index in [1.165, 1.54) is 57.8 Å². The maximum absolute atomic E-state index is 5.32. The van der Waals surface area contributed by atoms with Crippen LogP contribution in [-0.4, -0.2) is 21.1 Å². The van der Waals surface area contributed by atoms with Crippen molar-refractivity contribution in [1.82, 2.24) is 0 Å². The van der Waals surface area contributed by atoms with E-state index in [-0.39, 0.29) is 0 Å². The van der Waals surface area contributed by atoms with E-state index in [1.807, 2.05) is 12.5 Å². The molecule has 1 nitrogen and oxygen atoms in total. The van der Waals surface area contributed by atoms with Gasteiger partial charge in [-0.3, -0.25) is 0 Å². The van der Waals surface area contributed by atoms with Gasteiger partial charge in [0.15, 0.2) is 0 Å². The van der Waals surface area contributed by atoms with Gasteiger partial charge in [0.2, 0.25) is 0 Å². The van der Waals surface area contributed by atoms with Crippen molar-refractivity contribution in [3.05, 3.63) is 18.6 Å². The molecule has 0 unspecified atom stereocenters. The summed E-state index contributed by atoms with van der Waals surface area (Å²) in [6.07, 6.45) is 16.5. The van der Waals surface area contributed by atoms with Gasteiger partial charge in [-0.2, -0.15) is 0 Å². The van der Waals surface area contributed by atoms with Gasteiger partial charge in [-0.05, 0) is 0 Å². The minimum absolute atomic E-state index is 0.537. The van der Waals surface area contributed by atoms with Crippen LogP contribution < -0.4 is 3.58 Å². The zero-order valence-electron chi connectivity index (χ0n) is 13.0. The SMILES string of the molecule is CCCC[C](CCCC)(CCCC)[Sn][c]1ccoc1. The van der Waals surface area contributed by atoms with E-state index >= 15 is 0 Å². The van der Waals surface area contributed by atoms with Crippen LogP contribution in [0.15, 0.2) is 23.0 Å². The van der Waals surface area contributed by atoms with E-state index in [2.05, 4.69) is 26.8 Å². The average Bonchev–Trinajstić information content (AvgIpc) is 2.93. The van der Waals surface area contributed by atoms with Crippen LogP contribution in [0.25, 0.3) is 0 Å². The fraction of sp³-hybridized carbons (Fsp3) is 0.765. The molecular weight excluding hydrogens is 339 g/mol. The van der Waals surface area contributed by atoms with Crippen LogP contribution in [0.3, 0.4) is 0 Å². The van der Waals surface area contributed by atoms with Crippen molar-refractivity contribution in [2.45, 2.75) is 82.0 Å². The number of rotatable bonds is 11. The van der Waals surface area contributed by atoms with Crippen LogP contribution in [0, 0.1) is 0 Å². The van der Waals surface area contributed by atoms with Crippen molar-refractivity contribution in [2.24, 2.45) is 0 Å². The molecule has 0 aliphatic carbocycles. The van der Waals surface area contributed by atoms with Crippen molar-refractivity contribution in [3.63, 3.8) is 0 Å². The topological polar surface area (TPSA) is 13.1 Å². The summed E-state index contributed by atoms with van der Waals surface area (Å²) in [7, 11) is 0. The summed E-state index contributed by atoms with van der Waals surface area (Å²) < 4.78 is 7.57. The Kier molecular flexibility index (Phi) is 8.93. The average molecular weight is 369 g/mol. The molecule has 108 valence electrons. The van der Waals surface area contributed by atoms with Crippen LogP contribution in [0.1, 0.15) is 78.6 Å². The molecule has 2 heteroatoms. The first-order valence-electron chi connectivity index (χ1n) is 8.06. The second kappa shape index (κ2) is 9.90. The number of furan rings is 1. The Balaban J connectivity index is 2.74. The second-order valence-corrected chi connectivity index (χ2v) is 11.1. The number of hydrogen-bond acceptors (Lipinski definition) is 1. The van der Waals surface area contributed by atoms with Crippen molar-refractivity contribution in [3.8, 4) is 0 Å². The maximum atomic E-state index is 5.32. The van der Waals surface area contributed by atoms with Crippen molar-refractivity contribution in [1.29, 1.82) is 0 Å². The summed E-state index contributed by atoms with van der Waals surface area (Å²) in [4.78, 5) is 0. The Morgan fingerprint density at radius 2 is 1.47 bits per heavy atom. The standard InChI is InChI=1S/C13H27.C4H3O.Sn/c1-4-7-10-13(11-8-5-2)12-9-6-3;1-2-4-5-3-1;/h4-12H2,1-3H3;1,3-4H;. The van der Waals surface area contributed by atoms with Gasteiger partial charge < -0.3 is 0 Å². The first-order chi connectivity index (χ1) is 9.26. The third kappa shape index (κ3) is 6.37. The van der Waals surface area contributed by atoms with E-state index in [4.69, 9.17) is 4.42 Å². The first-order valence-corrected chi connectivity index (χ1v) is 10.9. The van der Waals surface area contributed by atoms with Crippen LogP contribution in [0.5, 0.6) is 0 Å². The predicted molar refractivity (Wildman–Crippen MR) is 85.4 cm³/mol. The molecule has 19 heavy (non-hydrogen) atoms. The number of unbranched alkanes of at least 4 members (excludes halogenated alkanes) is 3. The Labute approximate surface area is 129 Å². The van der Waals surface area contributed by atoms with Crippen LogP contribution in [-0.2, 0) is 0 Å². The third-order valence-electron chi connectivity index (χ3n) is 3.96. The van der Waals surface area contributed by atoms with Gasteiger partial charge >= 0.3 is 130 Å². The molecule has 0 spiro atoms. The summed E-state index contributed by atoms with van der Waals surface area (Å²) in [5, 5.41) is 0. The second-order valence-electron chi connectivity index (χ2n) is 5.73. The monoisotopic (exact) mass is 370 g/mol. The fourth-order valence-corrected chi connectivity index (χ4v) is 7.88. The molecule has 2 radical (unpaired) electrons. The van der Waals surface area contributed by atoms with Crippen molar-refractivity contribution < 1.29 is 4.42 Å². The fourth-order valence-electron chi connectivity index (χ4n) is 2.75. The Morgan fingerprint density at radius 3 is 1.84 bits per heavy atom. The summed E-state index contributed by atoms with van der Waals surface area (Å²) in [5.74, 6) is 0. The first kappa shape index (κ1) is 17.1. The van der Waals surface area contributed by atoms with E-state index in [1.54, 1.807) is 3.58 Å². The van der Waals surface area contributed by atoms with Gasteiger partial charge in [0, 0.05) is 0 Å². The van der Waals surface area contributed by atoms with Gasteiger partial charge in [0.1, 0.15) is 0 Å². The molecular formula is C17H30OSn. The van der Waals surface area contributed by atoms with Gasteiger partial charge in [-0.25, -0.2) is 0 Å². The summed E-state index contributed by atoms with van der Waals surface area (Å²) in [6.45, 7) is 6.98. The van der Waals surface area contributed by atoms with E-state index in [9.17, 15) is 0 Å². The van der Waals surface area contributed by atoms with Crippen LogP contribution in [0.4, 0.5) is 0 Å². The molecule has 0 amide bonds. The van der Waals surface area contributed by atoms with Crippen LogP contribution >= 0.6 is 0 Å². The molecule has 0 aliphatic rings. The van der Waals surface area contributed by atoms with E-state index in [0.29, 0.717) is 3.43 Å². The molecule has 0 N–H and O–H groups in total. The molecule has 1 heterocycles. The zero-order chi connectivity index (χ0) is 14.0. The molecule has 1 rings (SSSR count). The molecule has 0 saturated heterocycles. The molecule has 0 aromatic carbocycles. The van der Waals surface area contributed by atoms with Gasteiger partial charge in [0.05, 0.1) is 0 Å². The van der Waals surface area contributed by atoms with Gasteiger partial charge in [0.25, 0.3) is 0 Å². The van der Waals surface area contributed by atoms with Crippen LogP contribution in [0.2, 0.25) is 3.43 Å². The molecule has 0 bridgehead atoms. The van der Waals surface area contributed by atoms with E-state index < -0.39 is 21.1 Å². The molecule has 1 aromatic rings. The quantitative estimate of drug-likeness (QED) is 0.480. The summed E-state index contributed by atoms with van der Waals surface area (Å²) in [5.41, 5.74) is 0. The zero-order valence-corrected chi connectivity index (χ0v) is 15.9. The molecule has 0 saturated carbocycles. The van der Waals surface area contributed by atoms with E-state index in [0.717, 1.165) is 0 Å². The Hall–Kier alpha value is 0.0787. The van der Waals surface area contributed by atoms with Gasteiger partial charge in [-0.15, -0.1) is 0 Å². The molecule has 1 aromatic heterocycles. The van der Waals surface area contributed by atoms with Gasteiger partial charge in [-0.1, -0.05) is 0 Å². The third-order valence-corrected chi connectivity index (χ3v) is 9.25. The predicted octanol–water partition coefficient (Wildman–Crippen LogP) is 5.34. The molecule has 0 atom stereocenters. The van der Waals surface area contributed by atoms with Crippen molar-refractivity contribution in [2.75, 3.05) is 0 Å². The Morgan fingerprint density at radius 1 is 0.947 bits per heavy atom.